The van der Waals surface area contributed by atoms with Crippen LogP contribution in [0.15, 0.2) is 12.1 Å². The number of aromatic nitrogens is 1. The lowest BCUT2D eigenvalue weighted by atomic mass is 10.0. The van der Waals surface area contributed by atoms with Crippen molar-refractivity contribution in [3.8, 4) is 11.6 Å². The molecule has 0 saturated carbocycles. The van der Waals surface area contributed by atoms with Gasteiger partial charge in [0.05, 0.1) is 13.7 Å². The predicted molar refractivity (Wildman–Crippen MR) is 86.8 cm³/mol. The molecule has 0 N–H and O–H groups in total. The monoisotopic (exact) mass is 340 g/mol. The first-order chi connectivity index (χ1) is 11.2. The van der Waals surface area contributed by atoms with Crippen molar-refractivity contribution in [3.05, 3.63) is 18.1 Å². The van der Waals surface area contributed by atoms with Gasteiger partial charge in [0, 0.05) is 18.2 Å². The number of nitrogens with zero attached hydrogens (tertiary/aromatic N) is 2. The van der Waals surface area contributed by atoms with E-state index in [0.29, 0.717) is 12.3 Å². The van der Waals surface area contributed by atoms with Gasteiger partial charge in [-0.15, -0.1) is 0 Å². The van der Waals surface area contributed by atoms with Crippen LogP contribution in [0.4, 0.5) is 9.18 Å². The minimum Gasteiger partial charge on any atom is -0.496 e. The third kappa shape index (κ3) is 4.97. The van der Waals surface area contributed by atoms with Crippen LogP contribution >= 0.6 is 0 Å². The predicted octanol–water partition coefficient (Wildman–Crippen LogP) is 3.40. The van der Waals surface area contributed by atoms with Crippen LogP contribution in [-0.2, 0) is 4.74 Å². The zero-order valence-electron chi connectivity index (χ0n) is 14.8. The third-order valence-corrected chi connectivity index (χ3v) is 3.73. The molecule has 0 radical (unpaired) electrons. The van der Waals surface area contributed by atoms with Gasteiger partial charge in [0.25, 0.3) is 0 Å². The summed E-state index contributed by atoms with van der Waals surface area (Å²) in [4.78, 5) is 17.7. The number of piperidine rings is 1. The molecule has 1 fully saturated rings. The highest BCUT2D eigenvalue weighted by molar-refractivity contribution is 5.68. The Morgan fingerprint density at radius 2 is 2.04 bits per heavy atom. The first-order valence-corrected chi connectivity index (χ1v) is 8.06. The molecule has 2 rings (SSSR count). The Hall–Kier alpha value is -2.05. The average Bonchev–Trinajstić information content (AvgIpc) is 2.46. The van der Waals surface area contributed by atoms with E-state index in [-0.39, 0.29) is 24.1 Å². The molecular formula is C17H25FN2O4. The zero-order valence-corrected chi connectivity index (χ0v) is 14.8. The molecule has 0 aliphatic carbocycles. The summed E-state index contributed by atoms with van der Waals surface area (Å²) in [5, 5.41) is 0. The molecule has 7 heteroatoms. The van der Waals surface area contributed by atoms with Crippen molar-refractivity contribution in [1.29, 1.82) is 0 Å². The van der Waals surface area contributed by atoms with Crippen molar-refractivity contribution in [2.24, 2.45) is 0 Å². The molecule has 2 atom stereocenters. The van der Waals surface area contributed by atoms with Crippen molar-refractivity contribution in [3.63, 3.8) is 0 Å². The highest BCUT2D eigenvalue weighted by Gasteiger charge is 2.33. The van der Waals surface area contributed by atoms with E-state index in [1.165, 1.54) is 19.2 Å². The fourth-order valence-corrected chi connectivity index (χ4v) is 2.54. The summed E-state index contributed by atoms with van der Waals surface area (Å²) < 4.78 is 29.7. The number of likely N-dealkylation sites (tertiary alicyclic amines) is 1. The smallest absolute Gasteiger partial charge is 0.410 e. The second kappa shape index (κ2) is 7.23. The van der Waals surface area contributed by atoms with E-state index in [1.807, 2.05) is 27.7 Å². The fourth-order valence-electron chi connectivity index (χ4n) is 2.54. The molecule has 1 saturated heterocycles. The molecule has 0 unspecified atom stereocenters. The Morgan fingerprint density at radius 1 is 1.33 bits per heavy atom. The second-order valence-electron chi connectivity index (χ2n) is 6.97. The van der Waals surface area contributed by atoms with E-state index in [9.17, 15) is 9.18 Å². The molecule has 1 aliphatic rings. The number of carbonyl (C=O) groups excluding carboxylic acids is 1. The lowest BCUT2D eigenvalue weighted by Gasteiger charge is -2.38. The summed E-state index contributed by atoms with van der Waals surface area (Å²) in [6.45, 7) is 7.84. The maximum atomic E-state index is 13.5. The fraction of sp³-hybridized carbons (Fsp3) is 0.647. The first-order valence-electron chi connectivity index (χ1n) is 8.06. The minimum atomic E-state index is -0.669. The van der Waals surface area contributed by atoms with Gasteiger partial charge in [0.1, 0.15) is 17.5 Å². The van der Waals surface area contributed by atoms with Crippen LogP contribution in [0.1, 0.15) is 40.5 Å². The molecule has 24 heavy (non-hydrogen) atoms. The molecule has 6 nitrogen and oxygen atoms in total. The molecule has 0 bridgehead atoms. The molecule has 1 aliphatic heterocycles. The maximum Gasteiger partial charge on any atom is 0.410 e. The average molecular weight is 340 g/mol. The molecule has 134 valence electrons. The number of carbonyl (C=O) groups is 1. The highest BCUT2D eigenvalue weighted by Crippen LogP contribution is 2.25. The number of methoxy groups -OCH3 is 1. The van der Waals surface area contributed by atoms with E-state index in [4.69, 9.17) is 14.2 Å². The van der Waals surface area contributed by atoms with Crippen molar-refractivity contribution < 1.29 is 23.4 Å². The lowest BCUT2D eigenvalue weighted by molar-refractivity contribution is -0.00612. The SMILES string of the molecule is COc1cc(F)nc(O[C@@H]2CC[C@@H](C)N(C(=O)OC(C)(C)C)C2)c1. The number of hydrogen-bond donors (Lipinski definition) is 0. The van der Waals surface area contributed by atoms with Crippen molar-refractivity contribution in [1.82, 2.24) is 9.88 Å². The van der Waals surface area contributed by atoms with Crippen LogP contribution < -0.4 is 9.47 Å². The van der Waals surface area contributed by atoms with Gasteiger partial charge in [0.15, 0.2) is 0 Å². The number of hydrogen-bond acceptors (Lipinski definition) is 5. The molecule has 0 spiro atoms. The normalized spacial score (nSPS) is 21.3. The van der Waals surface area contributed by atoms with Crippen LogP contribution in [0.5, 0.6) is 11.6 Å². The highest BCUT2D eigenvalue weighted by atomic mass is 19.1. The van der Waals surface area contributed by atoms with Crippen molar-refractivity contribution in [2.75, 3.05) is 13.7 Å². The van der Waals surface area contributed by atoms with E-state index in [1.54, 1.807) is 4.90 Å². The van der Waals surface area contributed by atoms with E-state index < -0.39 is 11.5 Å². The van der Waals surface area contributed by atoms with Gasteiger partial charge in [-0.05, 0) is 40.5 Å². The van der Waals surface area contributed by atoms with Gasteiger partial charge >= 0.3 is 6.09 Å². The summed E-state index contributed by atoms with van der Waals surface area (Å²) in [6.07, 6.45) is 0.887. The number of ether oxygens (including phenoxy) is 3. The van der Waals surface area contributed by atoms with Crippen LogP contribution in [-0.4, -0.2) is 47.4 Å². The van der Waals surface area contributed by atoms with Gasteiger partial charge in [-0.1, -0.05) is 0 Å². The molecule has 1 amide bonds. The van der Waals surface area contributed by atoms with E-state index >= 15 is 0 Å². The Balaban J connectivity index is 2.05. The van der Waals surface area contributed by atoms with Crippen molar-refractivity contribution >= 4 is 6.09 Å². The van der Waals surface area contributed by atoms with Crippen LogP contribution in [0.2, 0.25) is 0 Å². The Bertz CT molecular complexity index is 588. The number of halogens is 1. The van der Waals surface area contributed by atoms with Gasteiger partial charge in [-0.25, -0.2) is 4.79 Å². The third-order valence-electron chi connectivity index (χ3n) is 3.73. The quantitative estimate of drug-likeness (QED) is 0.789. The lowest BCUT2D eigenvalue weighted by Crippen LogP contribution is -2.50. The second-order valence-corrected chi connectivity index (χ2v) is 6.97. The van der Waals surface area contributed by atoms with Gasteiger partial charge in [-0.2, -0.15) is 9.37 Å². The van der Waals surface area contributed by atoms with E-state index in [2.05, 4.69) is 4.98 Å². The van der Waals surface area contributed by atoms with Crippen LogP contribution in [0.3, 0.4) is 0 Å². The Morgan fingerprint density at radius 3 is 2.67 bits per heavy atom. The number of pyridine rings is 1. The van der Waals surface area contributed by atoms with Crippen LogP contribution in [0.25, 0.3) is 0 Å². The first kappa shape index (κ1) is 18.3. The van der Waals surface area contributed by atoms with Gasteiger partial charge in [0.2, 0.25) is 11.8 Å². The van der Waals surface area contributed by atoms with E-state index in [0.717, 1.165) is 12.8 Å². The number of rotatable bonds is 3. The molecule has 1 aromatic heterocycles. The number of amides is 1. The molecule has 1 aromatic rings. The molecular weight excluding hydrogens is 315 g/mol. The molecule has 2 heterocycles. The van der Waals surface area contributed by atoms with Crippen LogP contribution in [0, 0.1) is 5.95 Å². The minimum absolute atomic E-state index is 0.0645. The Kier molecular flexibility index (Phi) is 5.51. The molecule has 0 aromatic carbocycles. The topological polar surface area (TPSA) is 60.9 Å². The van der Waals surface area contributed by atoms with Gasteiger partial charge in [-0.3, -0.25) is 0 Å². The zero-order chi connectivity index (χ0) is 17.9. The summed E-state index contributed by atoms with van der Waals surface area (Å²) in [6, 6.07) is 2.77. The summed E-state index contributed by atoms with van der Waals surface area (Å²) in [5.74, 6) is -0.182. The Labute approximate surface area is 141 Å². The van der Waals surface area contributed by atoms with Crippen molar-refractivity contribution in [2.45, 2.75) is 58.3 Å². The summed E-state index contributed by atoms with van der Waals surface area (Å²) in [7, 11) is 1.45. The maximum absolute atomic E-state index is 13.5. The largest absolute Gasteiger partial charge is 0.496 e. The summed E-state index contributed by atoms with van der Waals surface area (Å²) >= 11 is 0. The summed E-state index contributed by atoms with van der Waals surface area (Å²) in [5.41, 5.74) is -0.553. The standard InChI is InChI=1S/C17H25FN2O4/c1-11-6-7-12(10-20(11)16(21)24-17(2,3)4)23-15-9-13(22-5)8-14(18)19-15/h8-9,11-12H,6-7,10H2,1-5H3/t11-,12-/m1/s1. The van der Waals surface area contributed by atoms with Gasteiger partial charge < -0.3 is 19.1 Å².